The molecular formula is C27H23F2N5O4. The SMILES string of the molecule is CN1C(=O)c2cccc(OC(F)F)c2[C@H]2C[C@@H]1c1nn3ccc(-c4ncc([C@@H](O)[C@@H]5CCO5)cn4)cc3c12. The lowest BCUT2D eigenvalue weighted by Gasteiger charge is -2.30. The van der Waals surface area contributed by atoms with Crippen LogP contribution in [-0.4, -0.2) is 61.9 Å². The Morgan fingerprint density at radius 3 is 2.68 bits per heavy atom. The van der Waals surface area contributed by atoms with Gasteiger partial charge in [-0.2, -0.15) is 13.9 Å². The number of nitrogens with zero attached hydrogens (tertiary/aromatic N) is 5. The van der Waals surface area contributed by atoms with Crippen molar-refractivity contribution in [2.45, 2.75) is 43.6 Å². The van der Waals surface area contributed by atoms with Crippen molar-refractivity contribution in [3.05, 3.63) is 76.9 Å². The molecule has 1 amide bonds. The molecular weight excluding hydrogens is 496 g/mol. The van der Waals surface area contributed by atoms with Gasteiger partial charge in [0.15, 0.2) is 5.82 Å². The van der Waals surface area contributed by atoms with E-state index in [0.29, 0.717) is 35.5 Å². The summed E-state index contributed by atoms with van der Waals surface area (Å²) < 4.78 is 38.6. The highest BCUT2D eigenvalue weighted by Gasteiger charge is 2.46. The Labute approximate surface area is 215 Å². The van der Waals surface area contributed by atoms with E-state index in [9.17, 15) is 18.7 Å². The summed E-state index contributed by atoms with van der Waals surface area (Å²) in [6.07, 6.45) is 5.30. The fourth-order valence-corrected chi connectivity index (χ4v) is 5.86. The van der Waals surface area contributed by atoms with Crippen molar-refractivity contribution in [3.63, 3.8) is 0 Å². The van der Waals surface area contributed by atoms with Crippen LogP contribution in [0.15, 0.2) is 48.9 Å². The van der Waals surface area contributed by atoms with Gasteiger partial charge in [-0.3, -0.25) is 4.79 Å². The van der Waals surface area contributed by atoms with Crippen molar-refractivity contribution in [3.8, 4) is 17.1 Å². The average molecular weight is 520 g/mol. The zero-order chi connectivity index (χ0) is 26.1. The molecule has 1 aliphatic carbocycles. The number of rotatable bonds is 5. The predicted octanol–water partition coefficient (Wildman–Crippen LogP) is 3.88. The van der Waals surface area contributed by atoms with Crippen LogP contribution in [0.1, 0.15) is 63.6 Å². The van der Waals surface area contributed by atoms with Gasteiger partial charge in [-0.05, 0) is 37.1 Å². The van der Waals surface area contributed by atoms with Crippen LogP contribution in [0.25, 0.3) is 16.9 Å². The third-order valence-electron chi connectivity index (χ3n) is 7.83. The zero-order valence-corrected chi connectivity index (χ0v) is 20.3. The summed E-state index contributed by atoms with van der Waals surface area (Å²) in [7, 11) is 1.71. The van der Waals surface area contributed by atoms with E-state index in [1.807, 2.05) is 12.1 Å². The number of aliphatic hydroxyl groups excluding tert-OH is 1. The molecule has 0 unspecified atom stereocenters. The van der Waals surface area contributed by atoms with Gasteiger partial charge in [0.05, 0.1) is 23.4 Å². The quantitative estimate of drug-likeness (QED) is 0.427. The van der Waals surface area contributed by atoms with Gasteiger partial charge in [-0.15, -0.1) is 0 Å². The topological polar surface area (TPSA) is 102 Å². The monoisotopic (exact) mass is 519 g/mol. The molecule has 38 heavy (non-hydrogen) atoms. The number of alkyl halides is 2. The van der Waals surface area contributed by atoms with Crippen LogP contribution in [0.5, 0.6) is 5.75 Å². The van der Waals surface area contributed by atoms with E-state index >= 15 is 0 Å². The maximum Gasteiger partial charge on any atom is 0.387 e. The predicted molar refractivity (Wildman–Crippen MR) is 130 cm³/mol. The van der Waals surface area contributed by atoms with Gasteiger partial charge in [0.25, 0.3) is 5.91 Å². The van der Waals surface area contributed by atoms with Crippen LogP contribution in [-0.2, 0) is 4.74 Å². The van der Waals surface area contributed by atoms with Crippen molar-refractivity contribution in [2.24, 2.45) is 0 Å². The molecule has 4 atom stereocenters. The van der Waals surface area contributed by atoms with Crippen molar-refractivity contribution in [1.82, 2.24) is 24.5 Å². The van der Waals surface area contributed by atoms with Crippen LogP contribution in [0.2, 0.25) is 0 Å². The maximum absolute atomic E-state index is 13.3. The first-order valence-corrected chi connectivity index (χ1v) is 12.4. The standard InChI is InChI=1S/C27H23F2N5O4/c1-33-18-10-16(21-15(26(33)36)3-2-4-19(21)38-27(28)29)22-17-9-13(5-7-34(17)32-23(18)22)25-30-11-14(12-31-25)24(35)20-6-8-37-20/h2-5,7,9,11-12,16,18,20,24,27,35H,6,8,10H2,1H3/t16-,18-,20+,24-/m1/s1. The summed E-state index contributed by atoms with van der Waals surface area (Å²) in [5, 5.41) is 15.2. The molecule has 5 heterocycles. The number of hydrogen-bond acceptors (Lipinski definition) is 7. The maximum atomic E-state index is 13.3. The first kappa shape index (κ1) is 23.2. The van der Waals surface area contributed by atoms with Gasteiger partial charge < -0.3 is 19.5 Å². The van der Waals surface area contributed by atoms with Crippen molar-refractivity contribution in [2.75, 3.05) is 13.7 Å². The first-order chi connectivity index (χ1) is 18.4. The second-order valence-corrected chi connectivity index (χ2v) is 9.84. The van der Waals surface area contributed by atoms with Crippen LogP contribution < -0.4 is 4.74 Å². The first-order valence-electron chi connectivity index (χ1n) is 12.4. The van der Waals surface area contributed by atoms with E-state index in [-0.39, 0.29) is 29.7 Å². The van der Waals surface area contributed by atoms with E-state index in [4.69, 9.17) is 14.6 Å². The number of fused-ring (bicyclic) bond motifs is 9. The Kier molecular flexibility index (Phi) is 5.21. The number of aromatic nitrogens is 4. The number of amides is 1. The third-order valence-corrected chi connectivity index (χ3v) is 7.83. The Morgan fingerprint density at radius 1 is 1.18 bits per heavy atom. The lowest BCUT2D eigenvalue weighted by atomic mass is 9.88. The number of ether oxygens (including phenoxy) is 2. The fourth-order valence-electron chi connectivity index (χ4n) is 5.86. The smallest absolute Gasteiger partial charge is 0.387 e. The summed E-state index contributed by atoms with van der Waals surface area (Å²) in [6.45, 7) is -2.37. The number of carbonyl (C=O) groups excluding carboxylic acids is 1. The molecule has 1 aromatic carbocycles. The summed E-state index contributed by atoms with van der Waals surface area (Å²) in [5.74, 6) is -0.136. The molecule has 0 spiro atoms. The number of aliphatic hydroxyl groups is 1. The molecule has 2 bridgehead atoms. The molecule has 0 saturated carbocycles. The van der Waals surface area contributed by atoms with Crippen molar-refractivity contribution in [1.29, 1.82) is 0 Å². The number of halogens is 2. The lowest BCUT2D eigenvalue weighted by Crippen LogP contribution is -2.33. The highest BCUT2D eigenvalue weighted by molar-refractivity contribution is 5.98. The molecule has 194 valence electrons. The fraction of sp³-hybridized carbons (Fsp3) is 0.333. The van der Waals surface area contributed by atoms with Crippen LogP contribution in [0.4, 0.5) is 8.78 Å². The van der Waals surface area contributed by atoms with Gasteiger partial charge in [0.1, 0.15) is 11.9 Å². The molecule has 3 aliphatic rings. The molecule has 9 nitrogen and oxygen atoms in total. The van der Waals surface area contributed by atoms with E-state index in [1.54, 1.807) is 47.2 Å². The van der Waals surface area contributed by atoms with Gasteiger partial charge >= 0.3 is 6.61 Å². The molecule has 1 saturated heterocycles. The summed E-state index contributed by atoms with van der Waals surface area (Å²) in [5.41, 5.74) is 4.53. The molecule has 4 aromatic rings. The van der Waals surface area contributed by atoms with Gasteiger partial charge in [0, 0.05) is 66.0 Å². The van der Waals surface area contributed by atoms with Crippen molar-refractivity contribution >= 4 is 11.4 Å². The molecule has 1 fully saturated rings. The van der Waals surface area contributed by atoms with Gasteiger partial charge in [-0.25, -0.2) is 14.5 Å². The van der Waals surface area contributed by atoms with Crippen molar-refractivity contribution < 1.29 is 28.2 Å². The van der Waals surface area contributed by atoms with Crippen LogP contribution in [0.3, 0.4) is 0 Å². The van der Waals surface area contributed by atoms with E-state index in [0.717, 1.165) is 28.8 Å². The minimum Gasteiger partial charge on any atom is -0.434 e. The number of carbonyl (C=O) groups is 1. The molecule has 3 aromatic heterocycles. The lowest BCUT2D eigenvalue weighted by molar-refractivity contribution is -0.118. The molecule has 7 rings (SSSR count). The average Bonchev–Trinajstić information content (AvgIpc) is 3.40. The number of hydrogen-bond donors (Lipinski definition) is 1. The molecule has 2 aliphatic heterocycles. The highest BCUT2D eigenvalue weighted by Crippen LogP contribution is 2.53. The summed E-state index contributed by atoms with van der Waals surface area (Å²) >= 11 is 0. The van der Waals surface area contributed by atoms with E-state index in [1.165, 1.54) is 6.07 Å². The van der Waals surface area contributed by atoms with E-state index in [2.05, 4.69) is 9.97 Å². The highest BCUT2D eigenvalue weighted by atomic mass is 19.3. The minimum atomic E-state index is -3.01. The molecule has 11 heteroatoms. The largest absolute Gasteiger partial charge is 0.434 e. The Balaban J connectivity index is 1.33. The second kappa shape index (κ2) is 8.53. The minimum absolute atomic E-state index is 0.00109. The number of pyridine rings is 1. The van der Waals surface area contributed by atoms with Gasteiger partial charge in [0.2, 0.25) is 0 Å². The zero-order valence-electron chi connectivity index (χ0n) is 20.3. The number of benzene rings is 1. The van der Waals surface area contributed by atoms with Gasteiger partial charge in [-0.1, -0.05) is 6.07 Å². The Hall–Kier alpha value is -3.96. The molecule has 0 radical (unpaired) electrons. The van der Waals surface area contributed by atoms with E-state index < -0.39 is 12.7 Å². The second-order valence-electron chi connectivity index (χ2n) is 9.84. The summed E-state index contributed by atoms with van der Waals surface area (Å²) in [6, 6.07) is 8.15. The summed E-state index contributed by atoms with van der Waals surface area (Å²) in [4.78, 5) is 23.8. The Bertz CT molecular complexity index is 1570. The molecule has 1 N–H and O–H groups in total. The Morgan fingerprint density at radius 2 is 1.97 bits per heavy atom. The normalized spacial score (nSPS) is 22.7. The third kappa shape index (κ3) is 3.42. The van der Waals surface area contributed by atoms with Crippen LogP contribution >= 0.6 is 0 Å². The van der Waals surface area contributed by atoms with Crippen LogP contribution in [0, 0.1) is 0 Å².